The minimum absolute atomic E-state index is 0.0248. The lowest BCUT2D eigenvalue weighted by molar-refractivity contribution is -0.142. The van der Waals surface area contributed by atoms with Crippen LogP contribution in [-0.4, -0.2) is 69.9 Å². The van der Waals surface area contributed by atoms with Crippen molar-refractivity contribution in [2.45, 2.75) is 70.1 Å². The van der Waals surface area contributed by atoms with Gasteiger partial charge in [0.05, 0.1) is 12.5 Å². The monoisotopic (exact) mass is 536 g/mol. The van der Waals surface area contributed by atoms with Gasteiger partial charge in [-0.2, -0.15) is 0 Å². The molecule has 0 aromatic heterocycles. The van der Waals surface area contributed by atoms with Gasteiger partial charge < -0.3 is 43.4 Å². The molecule has 4 atom stereocenters. The minimum Gasteiger partial charge on any atom is -0.508 e. The number of hydrogen-bond acceptors (Lipinski definition) is 8. The number of nitrogens with one attached hydrogen (secondary N) is 3. The quantitative estimate of drug-likeness (QED) is 0.116. The number of primary amides is 2. The third-order valence-corrected chi connectivity index (χ3v) is 5.40. The standard InChI is InChI=1S/C24H36N6O8/c1-12(2)9-18(24(37)38)30-23(36)17(10-13-3-5-14(31)6-4-13)29-22(35)16(7-8-19(26)32)28-21(34)15(25)11-20(27)33/h3-6,12,15-18,31H,7-11,25H2,1-2H3,(H2,26,32)(H2,27,33)(H,28,34)(H,29,35)(H,30,36)(H,37,38). The number of carbonyl (C=O) groups excluding carboxylic acids is 5. The molecule has 11 N–H and O–H groups in total. The van der Waals surface area contributed by atoms with Crippen LogP contribution in [0.2, 0.25) is 0 Å². The van der Waals surface area contributed by atoms with Gasteiger partial charge in [-0.05, 0) is 36.5 Å². The van der Waals surface area contributed by atoms with E-state index in [1.807, 2.05) is 0 Å². The normalized spacial score (nSPS) is 14.0. The van der Waals surface area contributed by atoms with E-state index in [0.717, 1.165) is 0 Å². The maximum Gasteiger partial charge on any atom is 0.326 e. The summed E-state index contributed by atoms with van der Waals surface area (Å²) in [4.78, 5) is 72.7. The predicted octanol–water partition coefficient (Wildman–Crippen LogP) is -2.01. The van der Waals surface area contributed by atoms with Crippen LogP contribution >= 0.6 is 0 Å². The second-order valence-corrected chi connectivity index (χ2v) is 9.30. The van der Waals surface area contributed by atoms with E-state index in [-0.39, 0.29) is 37.4 Å². The second kappa shape index (κ2) is 15.1. The van der Waals surface area contributed by atoms with Crippen LogP contribution in [0.25, 0.3) is 0 Å². The van der Waals surface area contributed by atoms with Gasteiger partial charge in [-0.15, -0.1) is 0 Å². The Hall–Kier alpha value is -4.20. The molecule has 4 unspecified atom stereocenters. The number of hydrogen-bond donors (Lipinski definition) is 8. The SMILES string of the molecule is CC(C)CC(NC(=O)C(Cc1ccc(O)cc1)NC(=O)C(CCC(N)=O)NC(=O)C(N)CC(N)=O)C(=O)O. The summed E-state index contributed by atoms with van der Waals surface area (Å²) in [6.07, 6.45) is -0.990. The molecule has 5 amide bonds. The average molecular weight is 537 g/mol. The highest BCUT2D eigenvalue weighted by Crippen LogP contribution is 2.13. The van der Waals surface area contributed by atoms with Crippen molar-refractivity contribution in [2.24, 2.45) is 23.1 Å². The molecule has 0 radical (unpaired) electrons. The summed E-state index contributed by atoms with van der Waals surface area (Å²) in [6.45, 7) is 3.57. The van der Waals surface area contributed by atoms with Gasteiger partial charge in [0, 0.05) is 12.8 Å². The molecule has 14 heteroatoms. The third-order valence-electron chi connectivity index (χ3n) is 5.40. The number of phenolic OH excluding ortho intramolecular Hbond substituents is 1. The fourth-order valence-electron chi connectivity index (χ4n) is 3.46. The second-order valence-electron chi connectivity index (χ2n) is 9.30. The topological polar surface area (TPSA) is 257 Å². The average Bonchev–Trinajstić information content (AvgIpc) is 2.80. The van der Waals surface area contributed by atoms with Gasteiger partial charge in [0.15, 0.2) is 0 Å². The fourth-order valence-corrected chi connectivity index (χ4v) is 3.46. The molecule has 210 valence electrons. The molecule has 1 aromatic carbocycles. The Labute approximate surface area is 219 Å². The molecule has 0 bridgehead atoms. The first-order valence-electron chi connectivity index (χ1n) is 11.9. The molecular weight excluding hydrogens is 500 g/mol. The first-order chi connectivity index (χ1) is 17.7. The summed E-state index contributed by atoms with van der Waals surface area (Å²) in [6, 6.07) is 0.531. The Balaban J connectivity index is 3.19. The number of aromatic hydroxyl groups is 1. The Morgan fingerprint density at radius 3 is 1.84 bits per heavy atom. The first-order valence-corrected chi connectivity index (χ1v) is 11.9. The smallest absolute Gasteiger partial charge is 0.326 e. The van der Waals surface area contributed by atoms with Crippen LogP contribution in [0, 0.1) is 5.92 Å². The van der Waals surface area contributed by atoms with Crippen LogP contribution in [-0.2, 0) is 35.2 Å². The Bertz CT molecular complexity index is 1010. The number of aliphatic carboxylic acids is 1. The van der Waals surface area contributed by atoms with Crippen molar-refractivity contribution >= 4 is 35.5 Å². The number of amides is 5. The van der Waals surface area contributed by atoms with Crippen molar-refractivity contribution in [1.29, 1.82) is 0 Å². The highest BCUT2D eigenvalue weighted by molar-refractivity contribution is 5.95. The Morgan fingerprint density at radius 2 is 1.34 bits per heavy atom. The van der Waals surface area contributed by atoms with E-state index in [0.29, 0.717) is 5.56 Å². The van der Waals surface area contributed by atoms with E-state index in [2.05, 4.69) is 16.0 Å². The van der Waals surface area contributed by atoms with Crippen molar-refractivity contribution in [3.05, 3.63) is 29.8 Å². The van der Waals surface area contributed by atoms with Crippen molar-refractivity contribution in [1.82, 2.24) is 16.0 Å². The molecular formula is C24H36N6O8. The summed E-state index contributed by atoms with van der Waals surface area (Å²) in [5.74, 6) is -5.50. The maximum absolute atomic E-state index is 13.1. The van der Waals surface area contributed by atoms with E-state index in [9.17, 15) is 39.0 Å². The Kier molecular flexibility index (Phi) is 12.7. The number of rotatable bonds is 16. The third kappa shape index (κ3) is 11.7. The number of carbonyl (C=O) groups is 6. The maximum atomic E-state index is 13.1. The van der Waals surface area contributed by atoms with Crippen LogP contribution in [0.3, 0.4) is 0 Å². The van der Waals surface area contributed by atoms with E-state index >= 15 is 0 Å². The van der Waals surface area contributed by atoms with Crippen molar-refractivity contribution in [3.8, 4) is 5.75 Å². The van der Waals surface area contributed by atoms with E-state index in [1.54, 1.807) is 13.8 Å². The molecule has 0 spiro atoms. The number of carboxylic acids is 1. The lowest BCUT2D eigenvalue weighted by Gasteiger charge is -2.25. The van der Waals surface area contributed by atoms with Crippen LogP contribution in [0.15, 0.2) is 24.3 Å². The highest BCUT2D eigenvalue weighted by atomic mass is 16.4. The van der Waals surface area contributed by atoms with Crippen molar-refractivity contribution in [3.63, 3.8) is 0 Å². The van der Waals surface area contributed by atoms with Gasteiger partial charge in [-0.25, -0.2) is 4.79 Å². The molecule has 0 fully saturated rings. The molecule has 1 rings (SSSR count). The predicted molar refractivity (Wildman–Crippen MR) is 135 cm³/mol. The molecule has 14 nitrogen and oxygen atoms in total. The molecule has 1 aromatic rings. The summed E-state index contributed by atoms with van der Waals surface area (Å²) in [5, 5.41) is 26.3. The van der Waals surface area contributed by atoms with Crippen LogP contribution in [0.1, 0.15) is 45.1 Å². The lowest BCUT2D eigenvalue weighted by Crippen LogP contribution is -2.58. The molecule has 0 saturated carbocycles. The molecule has 0 aliphatic heterocycles. The van der Waals surface area contributed by atoms with E-state index in [4.69, 9.17) is 17.2 Å². The number of nitrogens with two attached hydrogens (primary N) is 3. The van der Waals surface area contributed by atoms with Gasteiger partial charge >= 0.3 is 5.97 Å². The fraction of sp³-hybridized carbons (Fsp3) is 0.500. The molecule has 0 aliphatic rings. The largest absolute Gasteiger partial charge is 0.508 e. The van der Waals surface area contributed by atoms with Crippen molar-refractivity contribution < 1.29 is 39.0 Å². The zero-order valence-electron chi connectivity index (χ0n) is 21.3. The number of carboxylic acid groups (broad SMARTS) is 1. The van der Waals surface area contributed by atoms with Gasteiger partial charge in [-0.1, -0.05) is 26.0 Å². The van der Waals surface area contributed by atoms with Gasteiger partial charge in [-0.3, -0.25) is 24.0 Å². The number of benzene rings is 1. The van der Waals surface area contributed by atoms with Gasteiger partial charge in [0.1, 0.15) is 23.9 Å². The van der Waals surface area contributed by atoms with Gasteiger partial charge in [0.2, 0.25) is 29.5 Å². The summed E-state index contributed by atoms with van der Waals surface area (Å²) in [7, 11) is 0. The molecule has 0 heterocycles. The van der Waals surface area contributed by atoms with Crippen LogP contribution < -0.4 is 33.2 Å². The summed E-state index contributed by atoms with van der Waals surface area (Å²) in [5.41, 5.74) is 16.4. The zero-order chi connectivity index (χ0) is 29.0. The van der Waals surface area contributed by atoms with E-state index in [1.165, 1.54) is 24.3 Å². The summed E-state index contributed by atoms with van der Waals surface area (Å²) < 4.78 is 0. The zero-order valence-corrected chi connectivity index (χ0v) is 21.3. The lowest BCUT2D eigenvalue weighted by atomic mass is 10.0. The molecule has 0 saturated heterocycles. The summed E-state index contributed by atoms with van der Waals surface area (Å²) >= 11 is 0. The Morgan fingerprint density at radius 1 is 0.816 bits per heavy atom. The van der Waals surface area contributed by atoms with Crippen LogP contribution in [0.5, 0.6) is 5.75 Å². The minimum atomic E-state index is -1.37. The highest BCUT2D eigenvalue weighted by Gasteiger charge is 2.31. The molecule has 38 heavy (non-hydrogen) atoms. The van der Waals surface area contributed by atoms with Crippen LogP contribution in [0.4, 0.5) is 0 Å². The molecule has 0 aliphatic carbocycles. The first kappa shape index (κ1) is 31.8. The van der Waals surface area contributed by atoms with Crippen molar-refractivity contribution in [2.75, 3.05) is 0 Å². The number of phenols is 1. The van der Waals surface area contributed by atoms with Gasteiger partial charge in [0.25, 0.3) is 0 Å². The van der Waals surface area contributed by atoms with E-state index < -0.39 is 66.1 Å².